The lowest BCUT2D eigenvalue weighted by Crippen LogP contribution is -1.95. The van der Waals surface area contributed by atoms with Gasteiger partial charge in [-0.3, -0.25) is 0 Å². The first-order chi connectivity index (χ1) is 15.2. The normalized spacial score (nSPS) is 11.9. The minimum Gasteiger partial charge on any atom is -0.317 e. The Kier molecular flexibility index (Phi) is 4.89. The zero-order chi connectivity index (χ0) is 21.2. The van der Waals surface area contributed by atoms with Gasteiger partial charge in [-0.05, 0) is 31.2 Å². The van der Waals surface area contributed by atoms with Crippen molar-refractivity contribution in [3.8, 4) is 5.69 Å². The van der Waals surface area contributed by atoms with Crippen molar-refractivity contribution in [1.82, 2.24) is 24.3 Å². The van der Waals surface area contributed by atoms with Crippen molar-refractivity contribution in [1.29, 1.82) is 0 Å². The van der Waals surface area contributed by atoms with E-state index in [-0.39, 0.29) is 0 Å². The second-order valence-corrected chi connectivity index (χ2v) is 7.72. The summed E-state index contributed by atoms with van der Waals surface area (Å²) in [5, 5.41) is 22.7. The molecule has 0 saturated heterocycles. The van der Waals surface area contributed by atoms with Crippen LogP contribution in [0.15, 0.2) is 87.4 Å². The highest BCUT2D eigenvalue weighted by atomic mass is 32.1. The molecule has 31 heavy (non-hydrogen) atoms. The monoisotopic (exact) mass is 427 g/mol. The van der Waals surface area contributed by atoms with Gasteiger partial charge in [0.2, 0.25) is 16.9 Å². The van der Waals surface area contributed by atoms with E-state index in [9.17, 15) is 0 Å². The predicted molar refractivity (Wildman–Crippen MR) is 119 cm³/mol. The maximum absolute atomic E-state index is 4.62. The molecule has 0 N–H and O–H groups in total. The maximum Gasteiger partial charge on any atom is 0.249 e. The SMILES string of the molecule is Cc1nn(-c2ccccc2)c(/N=N/c2nccn2C)c1N=Nc1nc2ccccc2s1. The van der Waals surface area contributed by atoms with Gasteiger partial charge in [-0.25, -0.2) is 14.6 Å². The van der Waals surface area contributed by atoms with E-state index in [1.165, 1.54) is 11.3 Å². The second-order valence-electron chi connectivity index (χ2n) is 6.71. The number of aryl methyl sites for hydroxylation is 2. The summed E-state index contributed by atoms with van der Waals surface area (Å²) in [6.07, 6.45) is 3.48. The van der Waals surface area contributed by atoms with Gasteiger partial charge in [0.1, 0.15) is 0 Å². The zero-order valence-corrected chi connectivity index (χ0v) is 17.6. The summed E-state index contributed by atoms with van der Waals surface area (Å²) >= 11 is 1.48. The number of fused-ring (bicyclic) bond motifs is 1. The molecule has 10 heteroatoms. The van der Waals surface area contributed by atoms with Gasteiger partial charge in [0.25, 0.3) is 0 Å². The van der Waals surface area contributed by atoms with Gasteiger partial charge in [-0.1, -0.05) is 41.7 Å². The molecule has 3 aromatic heterocycles. The van der Waals surface area contributed by atoms with Crippen LogP contribution in [0.3, 0.4) is 0 Å². The third-order valence-electron chi connectivity index (χ3n) is 4.55. The quantitative estimate of drug-likeness (QED) is 0.305. The summed E-state index contributed by atoms with van der Waals surface area (Å²) in [7, 11) is 1.86. The third kappa shape index (κ3) is 3.76. The standard InChI is InChI=1S/C21H17N9S/c1-14-18(24-27-21-23-16-10-6-7-11-17(16)31-21)19(25-26-20-22-12-13-29(20)2)30(28-14)15-8-4-3-5-9-15/h3-13H,1-2H3/b26-25+,27-24?. The summed E-state index contributed by atoms with van der Waals surface area (Å²) < 4.78 is 4.54. The van der Waals surface area contributed by atoms with Crippen LogP contribution < -0.4 is 0 Å². The van der Waals surface area contributed by atoms with Gasteiger partial charge in [0, 0.05) is 19.4 Å². The fourth-order valence-corrected chi connectivity index (χ4v) is 3.79. The lowest BCUT2D eigenvalue weighted by molar-refractivity contribution is 0.843. The smallest absolute Gasteiger partial charge is 0.249 e. The first-order valence-electron chi connectivity index (χ1n) is 9.50. The minimum atomic E-state index is 0.469. The van der Waals surface area contributed by atoms with Gasteiger partial charge >= 0.3 is 0 Å². The van der Waals surface area contributed by atoms with E-state index >= 15 is 0 Å². The van der Waals surface area contributed by atoms with Gasteiger partial charge in [0.15, 0.2) is 5.69 Å². The Bertz CT molecular complexity index is 1380. The van der Waals surface area contributed by atoms with E-state index in [0.717, 1.165) is 15.9 Å². The summed E-state index contributed by atoms with van der Waals surface area (Å²) in [5.74, 6) is 0.948. The molecule has 0 atom stereocenters. The molecule has 0 spiro atoms. The number of para-hydroxylation sites is 2. The highest BCUT2D eigenvalue weighted by molar-refractivity contribution is 7.21. The Morgan fingerprint density at radius 3 is 2.48 bits per heavy atom. The fourth-order valence-electron chi connectivity index (χ4n) is 3.00. The number of benzene rings is 2. The Labute approximate surface area is 181 Å². The van der Waals surface area contributed by atoms with Gasteiger partial charge < -0.3 is 4.57 Å². The minimum absolute atomic E-state index is 0.469. The number of hydrogen-bond acceptors (Lipinski definition) is 8. The van der Waals surface area contributed by atoms with Crippen molar-refractivity contribution < 1.29 is 0 Å². The fraction of sp³-hybridized carbons (Fsp3) is 0.0952. The van der Waals surface area contributed by atoms with E-state index < -0.39 is 0 Å². The molecule has 0 aliphatic carbocycles. The largest absolute Gasteiger partial charge is 0.317 e. The Hall–Kier alpha value is -4.05. The maximum atomic E-state index is 4.62. The first kappa shape index (κ1) is 18.9. The van der Waals surface area contributed by atoms with Crippen molar-refractivity contribution in [3.05, 3.63) is 72.7 Å². The molecule has 2 aromatic carbocycles. The number of aromatic nitrogens is 5. The second kappa shape index (κ2) is 8.00. The van der Waals surface area contributed by atoms with Crippen molar-refractivity contribution >= 4 is 44.1 Å². The number of azo groups is 2. The average molecular weight is 427 g/mol. The van der Waals surface area contributed by atoms with Crippen LogP contribution >= 0.6 is 11.3 Å². The molecule has 0 aliphatic rings. The van der Waals surface area contributed by atoms with Crippen LogP contribution in [-0.2, 0) is 7.05 Å². The van der Waals surface area contributed by atoms with Crippen LogP contribution in [0.25, 0.3) is 15.9 Å². The van der Waals surface area contributed by atoms with E-state index in [2.05, 4.69) is 35.5 Å². The molecule has 0 unspecified atom stereocenters. The summed E-state index contributed by atoms with van der Waals surface area (Å²) in [4.78, 5) is 8.71. The molecule has 5 aromatic rings. The predicted octanol–water partition coefficient (Wildman–Crippen LogP) is 6.35. The number of rotatable bonds is 5. The zero-order valence-electron chi connectivity index (χ0n) is 16.8. The number of imidazole rings is 1. The Morgan fingerprint density at radius 1 is 0.903 bits per heavy atom. The Balaban J connectivity index is 1.59. The molecular weight excluding hydrogens is 410 g/mol. The third-order valence-corrected chi connectivity index (χ3v) is 5.47. The molecule has 0 fully saturated rings. The number of nitrogens with zero attached hydrogens (tertiary/aromatic N) is 9. The molecule has 0 bridgehead atoms. The number of thiazole rings is 1. The molecule has 0 saturated carbocycles. The topological polar surface area (TPSA) is 98.0 Å². The van der Waals surface area contributed by atoms with Crippen molar-refractivity contribution in [2.45, 2.75) is 6.92 Å². The van der Waals surface area contributed by atoms with Gasteiger partial charge in [0.05, 0.1) is 21.6 Å². The molecular formula is C21H17N9S. The average Bonchev–Trinajstić information content (AvgIpc) is 3.48. The van der Waals surface area contributed by atoms with Crippen LogP contribution in [-0.4, -0.2) is 24.3 Å². The summed E-state index contributed by atoms with van der Waals surface area (Å²) in [6, 6.07) is 17.6. The van der Waals surface area contributed by atoms with Gasteiger partial charge in [-0.2, -0.15) is 5.10 Å². The van der Waals surface area contributed by atoms with Crippen molar-refractivity contribution in [2.75, 3.05) is 0 Å². The van der Waals surface area contributed by atoms with Crippen molar-refractivity contribution in [2.24, 2.45) is 27.5 Å². The highest BCUT2D eigenvalue weighted by Gasteiger charge is 2.17. The molecule has 5 rings (SSSR count). The Morgan fingerprint density at radius 2 is 1.71 bits per heavy atom. The lowest BCUT2D eigenvalue weighted by atomic mass is 10.3. The van der Waals surface area contributed by atoms with Crippen LogP contribution in [0.4, 0.5) is 22.6 Å². The van der Waals surface area contributed by atoms with Crippen LogP contribution in [0.2, 0.25) is 0 Å². The van der Waals surface area contributed by atoms with E-state index in [1.807, 2.05) is 74.8 Å². The molecule has 3 heterocycles. The molecule has 0 amide bonds. The number of hydrogen-bond donors (Lipinski definition) is 0. The van der Waals surface area contributed by atoms with E-state index in [4.69, 9.17) is 0 Å². The molecule has 152 valence electrons. The van der Waals surface area contributed by atoms with Crippen LogP contribution in [0, 0.1) is 6.92 Å². The molecule has 9 nitrogen and oxygen atoms in total. The lowest BCUT2D eigenvalue weighted by Gasteiger charge is -2.03. The summed E-state index contributed by atoms with van der Waals surface area (Å²) in [6.45, 7) is 1.87. The highest BCUT2D eigenvalue weighted by Crippen LogP contribution is 2.37. The van der Waals surface area contributed by atoms with Gasteiger partial charge in [-0.15, -0.1) is 20.5 Å². The van der Waals surface area contributed by atoms with Crippen molar-refractivity contribution in [3.63, 3.8) is 0 Å². The van der Waals surface area contributed by atoms with Crippen LogP contribution in [0.1, 0.15) is 5.69 Å². The summed E-state index contributed by atoms with van der Waals surface area (Å²) in [5.41, 5.74) is 2.96. The molecule has 0 radical (unpaired) electrons. The first-order valence-corrected chi connectivity index (χ1v) is 10.3. The van der Waals surface area contributed by atoms with E-state index in [1.54, 1.807) is 15.4 Å². The van der Waals surface area contributed by atoms with E-state index in [0.29, 0.717) is 28.3 Å². The molecule has 0 aliphatic heterocycles. The van der Waals surface area contributed by atoms with Crippen LogP contribution in [0.5, 0.6) is 0 Å².